The second kappa shape index (κ2) is 11.7. The Morgan fingerprint density at radius 1 is 0.682 bits per heavy atom. The fourth-order valence-electron chi connectivity index (χ4n) is 3.87. The third-order valence-electron chi connectivity index (χ3n) is 5.24. The molecule has 0 heteroatoms. The highest BCUT2D eigenvalue weighted by molar-refractivity contribution is 5.26. The molecule has 0 unspecified atom stereocenters. The monoisotopic (exact) mass is 302 g/mol. The Bertz CT molecular complexity index is 334. The second-order valence-corrected chi connectivity index (χ2v) is 6.94. The highest BCUT2D eigenvalue weighted by Gasteiger charge is 2.19. The maximum atomic E-state index is 2.32. The molecule has 22 heavy (non-hydrogen) atoms. The molecule has 0 amide bonds. The average molecular weight is 303 g/mol. The standard InChI is InChI=1S/C12H24.C10H14/c1-3-5-11-7-9-12(6-4-2)10-8-11;1-3-9-7-5-6-8-10(9)4-2/h11-12H,3-10H2,1-2H3;5-8H,3-4H2,1-2H3. The quantitative estimate of drug-likeness (QED) is 0.521. The van der Waals surface area contributed by atoms with Crippen LogP contribution in [0.15, 0.2) is 24.3 Å². The highest BCUT2D eigenvalue weighted by atomic mass is 14.2. The predicted molar refractivity (Wildman–Crippen MR) is 100 cm³/mol. The summed E-state index contributed by atoms with van der Waals surface area (Å²) in [7, 11) is 0. The summed E-state index contributed by atoms with van der Waals surface area (Å²) in [5, 5.41) is 0. The van der Waals surface area contributed by atoms with Gasteiger partial charge in [0.2, 0.25) is 0 Å². The van der Waals surface area contributed by atoms with Gasteiger partial charge < -0.3 is 0 Å². The molecule has 126 valence electrons. The Kier molecular flexibility index (Phi) is 10.3. The lowest BCUT2D eigenvalue weighted by atomic mass is 9.78. The van der Waals surface area contributed by atoms with Crippen LogP contribution in [0.1, 0.15) is 90.2 Å². The number of aryl methyl sites for hydroxylation is 2. The minimum atomic E-state index is 1.09. The molecule has 0 aliphatic heterocycles. The lowest BCUT2D eigenvalue weighted by Gasteiger charge is -2.27. The third-order valence-corrected chi connectivity index (χ3v) is 5.24. The summed E-state index contributed by atoms with van der Waals surface area (Å²) >= 11 is 0. The molecule has 0 atom stereocenters. The molecular weight excluding hydrogens is 264 g/mol. The van der Waals surface area contributed by atoms with E-state index in [1.54, 1.807) is 0 Å². The Hall–Kier alpha value is -0.780. The van der Waals surface area contributed by atoms with Crippen molar-refractivity contribution < 1.29 is 0 Å². The van der Waals surface area contributed by atoms with Crippen molar-refractivity contribution in [2.45, 2.75) is 91.9 Å². The molecule has 0 radical (unpaired) electrons. The molecule has 0 saturated heterocycles. The van der Waals surface area contributed by atoms with E-state index in [0.717, 1.165) is 24.7 Å². The molecule has 0 bridgehead atoms. The molecule has 1 aliphatic carbocycles. The maximum absolute atomic E-state index is 2.32. The lowest BCUT2D eigenvalue weighted by molar-refractivity contribution is 0.251. The van der Waals surface area contributed by atoms with Crippen LogP contribution in [-0.4, -0.2) is 0 Å². The summed E-state index contributed by atoms with van der Waals surface area (Å²) in [5.74, 6) is 2.17. The van der Waals surface area contributed by atoms with Crippen molar-refractivity contribution in [3.05, 3.63) is 35.4 Å². The molecule has 0 N–H and O–H groups in total. The third kappa shape index (κ3) is 6.99. The van der Waals surface area contributed by atoms with Gasteiger partial charge in [-0.1, -0.05) is 103 Å². The first-order valence-corrected chi connectivity index (χ1v) is 9.81. The van der Waals surface area contributed by atoms with Crippen LogP contribution in [0.3, 0.4) is 0 Å². The Labute approximate surface area is 139 Å². The second-order valence-electron chi connectivity index (χ2n) is 6.94. The van der Waals surface area contributed by atoms with Crippen LogP contribution in [0.5, 0.6) is 0 Å². The highest BCUT2D eigenvalue weighted by Crippen LogP contribution is 2.33. The summed E-state index contributed by atoms with van der Waals surface area (Å²) in [6.07, 6.45) is 14.2. The summed E-state index contributed by atoms with van der Waals surface area (Å²) in [6, 6.07) is 8.63. The van der Waals surface area contributed by atoms with Gasteiger partial charge in [-0.25, -0.2) is 0 Å². The normalized spacial score (nSPS) is 21.1. The summed E-state index contributed by atoms with van der Waals surface area (Å²) < 4.78 is 0. The van der Waals surface area contributed by atoms with Crippen LogP contribution in [0.25, 0.3) is 0 Å². The van der Waals surface area contributed by atoms with E-state index < -0.39 is 0 Å². The van der Waals surface area contributed by atoms with E-state index in [-0.39, 0.29) is 0 Å². The topological polar surface area (TPSA) is 0 Å². The molecule has 1 aromatic rings. The minimum Gasteiger partial charge on any atom is -0.0654 e. The van der Waals surface area contributed by atoms with Gasteiger partial charge in [0.05, 0.1) is 0 Å². The maximum Gasteiger partial charge on any atom is -0.0305 e. The van der Waals surface area contributed by atoms with E-state index in [0.29, 0.717) is 0 Å². The van der Waals surface area contributed by atoms with Crippen LogP contribution in [-0.2, 0) is 12.8 Å². The van der Waals surface area contributed by atoms with E-state index in [1.165, 1.54) is 62.5 Å². The van der Waals surface area contributed by atoms with Crippen molar-refractivity contribution in [1.82, 2.24) is 0 Å². The zero-order valence-electron chi connectivity index (χ0n) is 15.5. The summed E-state index contributed by atoms with van der Waals surface area (Å²) in [4.78, 5) is 0. The van der Waals surface area contributed by atoms with Gasteiger partial charge in [-0.3, -0.25) is 0 Å². The van der Waals surface area contributed by atoms with Gasteiger partial charge in [0.1, 0.15) is 0 Å². The number of hydrogen-bond donors (Lipinski definition) is 0. The summed E-state index contributed by atoms with van der Waals surface area (Å²) in [6.45, 7) is 9.04. The zero-order valence-corrected chi connectivity index (χ0v) is 15.5. The van der Waals surface area contributed by atoms with Crippen LogP contribution in [0.2, 0.25) is 0 Å². The van der Waals surface area contributed by atoms with E-state index >= 15 is 0 Å². The average Bonchev–Trinajstić information content (AvgIpc) is 2.57. The van der Waals surface area contributed by atoms with Gasteiger partial charge in [0, 0.05) is 0 Å². The molecule has 0 spiro atoms. The fourth-order valence-corrected chi connectivity index (χ4v) is 3.87. The largest absolute Gasteiger partial charge is 0.0654 e. The van der Waals surface area contributed by atoms with Gasteiger partial charge in [0.25, 0.3) is 0 Å². The summed E-state index contributed by atoms with van der Waals surface area (Å²) in [5.41, 5.74) is 2.98. The molecule has 1 aliphatic rings. The van der Waals surface area contributed by atoms with Gasteiger partial charge in [-0.15, -0.1) is 0 Å². The van der Waals surface area contributed by atoms with Gasteiger partial charge in [-0.05, 0) is 35.8 Å². The molecule has 1 saturated carbocycles. The fraction of sp³-hybridized carbons (Fsp3) is 0.727. The molecule has 1 fully saturated rings. The smallest absolute Gasteiger partial charge is 0.0305 e. The van der Waals surface area contributed by atoms with Crippen molar-refractivity contribution in [2.75, 3.05) is 0 Å². The Morgan fingerprint density at radius 2 is 1.05 bits per heavy atom. The molecule has 2 rings (SSSR count). The lowest BCUT2D eigenvalue weighted by Crippen LogP contribution is -2.14. The Morgan fingerprint density at radius 3 is 1.32 bits per heavy atom. The van der Waals surface area contributed by atoms with E-state index in [1.807, 2.05) is 0 Å². The van der Waals surface area contributed by atoms with Gasteiger partial charge in [0.15, 0.2) is 0 Å². The van der Waals surface area contributed by atoms with Crippen LogP contribution in [0, 0.1) is 11.8 Å². The molecule has 1 aromatic carbocycles. The molecule has 0 aromatic heterocycles. The Balaban J connectivity index is 0.000000224. The van der Waals surface area contributed by atoms with Crippen molar-refractivity contribution in [1.29, 1.82) is 0 Å². The van der Waals surface area contributed by atoms with Crippen LogP contribution >= 0.6 is 0 Å². The van der Waals surface area contributed by atoms with Crippen molar-refractivity contribution in [3.63, 3.8) is 0 Å². The van der Waals surface area contributed by atoms with E-state index in [9.17, 15) is 0 Å². The molecular formula is C22H38. The number of hydrogen-bond acceptors (Lipinski definition) is 0. The number of rotatable bonds is 6. The van der Waals surface area contributed by atoms with Gasteiger partial charge >= 0.3 is 0 Å². The first-order valence-electron chi connectivity index (χ1n) is 9.81. The first-order chi connectivity index (χ1) is 10.7. The van der Waals surface area contributed by atoms with E-state index in [4.69, 9.17) is 0 Å². The minimum absolute atomic E-state index is 1.09. The van der Waals surface area contributed by atoms with E-state index in [2.05, 4.69) is 52.0 Å². The molecule has 0 nitrogen and oxygen atoms in total. The SMILES string of the molecule is CCCC1CCC(CCC)CC1.CCc1ccccc1CC. The van der Waals surface area contributed by atoms with Crippen molar-refractivity contribution in [3.8, 4) is 0 Å². The first kappa shape index (κ1) is 19.3. The predicted octanol–water partition coefficient (Wildman–Crippen LogP) is 7.20. The van der Waals surface area contributed by atoms with Crippen molar-refractivity contribution >= 4 is 0 Å². The molecule has 0 heterocycles. The number of benzene rings is 1. The van der Waals surface area contributed by atoms with Gasteiger partial charge in [-0.2, -0.15) is 0 Å². The van der Waals surface area contributed by atoms with Crippen molar-refractivity contribution in [2.24, 2.45) is 11.8 Å². The van der Waals surface area contributed by atoms with Crippen LogP contribution in [0.4, 0.5) is 0 Å². The zero-order chi connectivity index (χ0) is 16.2. The van der Waals surface area contributed by atoms with Crippen LogP contribution < -0.4 is 0 Å².